The fourth-order valence-electron chi connectivity index (χ4n) is 2.79. The summed E-state index contributed by atoms with van der Waals surface area (Å²) in [7, 11) is 0. The van der Waals surface area contributed by atoms with Crippen LogP contribution in [-0.2, 0) is 0 Å². The van der Waals surface area contributed by atoms with Crippen molar-refractivity contribution in [2.24, 2.45) is 11.8 Å². The van der Waals surface area contributed by atoms with E-state index in [0.717, 1.165) is 11.8 Å². The molecule has 0 saturated carbocycles. The molecule has 0 bridgehead atoms. The van der Waals surface area contributed by atoms with E-state index in [9.17, 15) is 0 Å². The van der Waals surface area contributed by atoms with Crippen molar-refractivity contribution in [3.05, 3.63) is 0 Å². The third-order valence-electron chi connectivity index (χ3n) is 4.27. The van der Waals surface area contributed by atoms with E-state index < -0.39 is 18.4 Å². The Labute approximate surface area is 128 Å². The predicted octanol–water partition coefficient (Wildman–Crippen LogP) is 7.13. The summed E-state index contributed by atoms with van der Waals surface area (Å²) < 4.78 is 3.27. The van der Waals surface area contributed by atoms with Crippen LogP contribution in [-0.4, -0.2) is 18.4 Å². The molecule has 1 heteroatoms. The normalized spacial score (nSPS) is 12.6. The maximum atomic E-state index is 2.68. The van der Waals surface area contributed by atoms with E-state index in [4.69, 9.17) is 0 Å². The molecule has 0 spiro atoms. The number of unbranched alkanes of at least 4 members (excludes halogenated alkanes) is 4. The zero-order valence-electron chi connectivity index (χ0n) is 14.7. The molecule has 0 fully saturated rings. The Bertz CT molecular complexity index is 174. The van der Waals surface area contributed by atoms with E-state index in [0.29, 0.717) is 0 Å². The van der Waals surface area contributed by atoms with Gasteiger partial charge in [-0.05, 0) is 0 Å². The van der Waals surface area contributed by atoms with Gasteiger partial charge in [0.2, 0.25) is 0 Å². The van der Waals surface area contributed by atoms with Gasteiger partial charge in [0, 0.05) is 0 Å². The topological polar surface area (TPSA) is 0 Å². The van der Waals surface area contributed by atoms with Gasteiger partial charge in [0.1, 0.15) is 0 Å². The summed E-state index contributed by atoms with van der Waals surface area (Å²) in [6.45, 7) is 9.39. The van der Waals surface area contributed by atoms with Gasteiger partial charge in [0.15, 0.2) is 0 Å². The summed E-state index contributed by atoms with van der Waals surface area (Å²) in [5, 5.41) is 0. The van der Waals surface area contributed by atoms with Crippen molar-refractivity contribution in [3.63, 3.8) is 0 Å². The van der Waals surface area contributed by atoms with Crippen LogP contribution >= 0.6 is 0 Å². The van der Waals surface area contributed by atoms with Crippen molar-refractivity contribution in [1.29, 1.82) is 0 Å². The van der Waals surface area contributed by atoms with Gasteiger partial charge in [0.05, 0.1) is 0 Å². The molecular formula is C18H40Sn. The van der Waals surface area contributed by atoms with Gasteiger partial charge in [-0.15, -0.1) is 0 Å². The first-order chi connectivity index (χ1) is 8.83. The van der Waals surface area contributed by atoms with E-state index in [1.54, 1.807) is 8.87 Å². The number of hydrogen-bond acceptors (Lipinski definition) is 0. The molecule has 0 atom stereocenters. The molecule has 0 aliphatic rings. The third-order valence-corrected chi connectivity index (χ3v) is 14.0. The van der Waals surface area contributed by atoms with Gasteiger partial charge in [-0.2, -0.15) is 0 Å². The van der Waals surface area contributed by atoms with E-state index in [1.165, 1.54) is 51.4 Å². The van der Waals surface area contributed by atoms with Gasteiger partial charge in [-0.25, -0.2) is 0 Å². The standard InChI is InChI=1S/2C8H17.2CH3.Sn/c2*1-4-5-6-7-8(2)3;;;/h2*8H,1,4-7H2,2-3H3;2*1H3;. The molecule has 0 aromatic carbocycles. The van der Waals surface area contributed by atoms with Crippen molar-refractivity contribution >= 4 is 18.4 Å². The third kappa shape index (κ3) is 15.0. The molecule has 0 amide bonds. The second kappa shape index (κ2) is 11.5. The summed E-state index contributed by atoms with van der Waals surface area (Å²) >= 11 is -1.59. The van der Waals surface area contributed by atoms with Crippen LogP contribution < -0.4 is 0 Å². The Morgan fingerprint density at radius 3 is 1.26 bits per heavy atom. The molecule has 0 rings (SSSR count). The Balaban J connectivity index is 3.46. The Kier molecular flexibility index (Phi) is 11.9. The molecule has 0 nitrogen and oxygen atoms in total. The Morgan fingerprint density at radius 1 is 0.579 bits per heavy atom. The molecule has 0 unspecified atom stereocenters. The van der Waals surface area contributed by atoms with Gasteiger partial charge in [-0.1, -0.05) is 0 Å². The van der Waals surface area contributed by atoms with Crippen molar-refractivity contribution in [3.8, 4) is 0 Å². The first-order valence-corrected chi connectivity index (χ1v) is 18.6. The van der Waals surface area contributed by atoms with Crippen molar-refractivity contribution in [2.75, 3.05) is 0 Å². The van der Waals surface area contributed by atoms with Crippen LogP contribution in [0, 0.1) is 11.8 Å². The summed E-state index contributed by atoms with van der Waals surface area (Å²) in [5.74, 6) is 1.80. The first kappa shape index (κ1) is 19.8. The van der Waals surface area contributed by atoms with Crippen molar-refractivity contribution in [1.82, 2.24) is 0 Å². The fourth-order valence-corrected chi connectivity index (χ4v) is 10.4. The van der Waals surface area contributed by atoms with Crippen LogP contribution in [0.5, 0.6) is 0 Å². The van der Waals surface area contributed by atoms with Crippen LogP contribution in [0.2, 0.25) is 18.8 Å². The van der Waals surface area contributed by atoms with Crippen molar-refractivity contribution in [2.45, 2.75) is 97.8 Å². The fraction of sp³-hybridized carbons (Fsp3) is 1.00. The van der Waals surface area contributed by atoms with Crippen LogP contribution in [0.3, 0.4) is 0 Å². The van der Waals surface area contributed by atoms with E-state index >= 15 is 0 Å². The van der Waals surface area contributed by atoms with Crippen LogP contribution in [0.4, 0.5) is 0 Å². The molecular weight excluding hydrogens is 335 g/mol. The molecule has 0 aliphatic heterocycles. The van der Waals surface area contributed by atoms with Gasteiger partial charge in [0.25, 0.3) is 0 Å². The first-order valence-electron chi connectivity index (χ1n) is 8.83. The predicted molar refractivity (Wildman–Crippen MR) is 93.7 cm³/mol. The monoisotopic (exact) mass is 376 g/mol. The van der Waals surface area contributed by atoms with E-state index in [2.05, 4.69) is 37.6 Å². The zero-order valence-corrected chi connectivity index (χ0v) is 17.6. The molecule has 19 heavy (non-hydrogen) atoms. The molecule has 0 N–H and O–H groups in total. The molecule has 0 aliphatic carbocycles. The molecule has 0 aromatic rings. The summed E-state index contributed by atoms with van der Waals surface area (Å²) in [4.78, 5) is 5.36. The second-order valence-electron chi connectivity index (χ2n) is 8.15. The minimum absolute atomic E-state index is 0.900. The van der Waals surface area contributed by atoms with E-state index in [1.807, 2.05) is 0 Å². The summed E-state index contributed by atoms with van der Waals surface area (Å²) in [5.41, 5.74) is 0. The number of hydrogen-bond donors (Lipinski definition) is 0. The average Bonchev–Trinajstić information content (AvgIpc) is 2.27. The average molecular weight is 375 g/mol. The molecule has 0 aromatic heterocycles. The summed E-state index contributed by atoms with van der Waals surface area (Å²) in [6, 6.07) is 0. The second-order valence-corrected chi connectivity index (χ2v) is 23.4. The molecule has 0 saturated heterocycles. The van der Waals surface area contributed by atoms with Gasteiger partial charge >= 0.3 is 128 Å². The minimum atomic E-state index is -1.59. The Hall–Kier alpha value is 0.799. The van der Waals surface area contributed by atoms with E-state index in [-0.39, 0.29) is 0 Å². The summed E-state index contributed by atoms with van der Waals surface area (Å²) in [6.07, 6.45) is 11.8. The zero-order chi connectivity index (χ0) is 14.7. The van der Waals surface area contributed by atoms with Crippen LogP contribution in [0.1, 0.15) is 79.1 Å². The van der Waals surface area contributed by atoms with Gasteiger partial charge in [-0.3, -0.25) is 0 Å². The molecule has 0 heterocycles. The SMILES string of the molecule is CC(C)CCCC[CH2][Sn]([CH3])([CH3])[CH2]CCCCC(C)C. The Morgan fingerprint density at radius 2 is 0.947 bits per heavy atom. The van der Waals surface area contributed by atoms with Crippen molar-refractivity contribution < 1.29 is 0 Å². The number of rotatable bonds is 12. The molecule has 116 valence electrons. The van der Waals surface area contributed by atoms with Crippen LogP contribution in [0.15, 0.2) is 0 Å². The van der Waals surface area contributed by atoms with Crippen LogP contribution in [0.25, 0.3) is 0 Å². The molecule has 0 radical (unpaired) electrons. The quantitative estimate of drug-likeness (QED) is 0.251. The van der Waals surface area contributed by atoms with Gasteiger partial charge < -0.3 is 0 Å². The maximum absolute atomic E-state index is 2.68.